The summed E-state index contributed by atoms with van der Waals surface area (Å²) in [4.78, 5) is 4.58. The summed E-state index contributed by atoms with van der Waals surface area (Å²) in [5.41, 5.74) is 3.85. The van der Waals surface area contributed by atoms with E-state index >= 15 is 0 Å². The number of ether oxygens (including phenoxy) is 1. The van der Waals surface area contributed by atoms with Gasteiger partial charge in [-0.25, -0.2) is 0 Å². The fraction of sp³-hybridized carbons (Fsp3) is 0.182. The van der Waals surface area contributed by atoms with Crippen molar-refractivity contribution in [2.45, 2.75) is 19.6 Å². The number of benzene rings is 2. The molecule has 0 fully saturated rings. The Morgan fingerprint density at radius 1 is 0.963 bits per heavy atom. The summed E-state index contributed by atoms with van der Waals surface area (Å²) in [5.74, 6) is 0.918. The number of hydrogen-bond donors (Lipinski definition) is 2. The van der Waals surface area contributed by atoms with Crippen molar-refractivity contribution in [3.8, 4) is 5.75 Å². The van der Waals surface area contributed by atoms with Gasteiger partial charge in [-0.05, 0) is 53.7 Å². The van der Waals surface area contributed by atoms with Crippen LogP contribution in [0.3, 0.4) is 0 Å². The summed E-state index contributed by atoms with van der Waals surface area (Å²) in [7, 11) is 0. The Morgan fingerprint density at radius 3 is 2.63 bits per heavy atom. The highest BCUT2D eigenvalue weighted by Crippen LogP contribution is 2.18. The maximum atomic E-state index is 5.81. The molecule has 4 rings (SSSR count). The maximum Gasteiger partial charge on any atom is 0.122 e. The molecule has 27 heavy (non-hydrogen) atoms. The van der Waals surface area contributed by atoms with Crippen molar-refractivity contribution in [3.05, 3.63) is 88.2 Å². The Balaban J connectivity index is 0.00000210. The molecule has 2 N–H and O–H groups in total. The lowest BCUT2D eigenvalue weighted by atomic mass is 10.1. The monoisotopic (exact) mass is 397 g/mol. The van der Waals surface area contributed by atoms with Gasteiger partial charge in [0.2, 0.25) is 0 Å². The second-order valence-corrected chi connectivity index (χ2v) is 7.33. The predicted octanol–water partition coefficient (Wildman–Crippen LogP) is 2.14. The average molecular weight is 398 g/mol. The first-order valence-electron chi connectivity index (χ1n) is 8.88. The number of fused-ring (bicyclic) bond motifs is 1. The molecule has 2 aromatic carbocycles. The number of aromatic amines is 1. The SMILES string of the molecule is [Cl-].c1csc(COc2ccc(CNCCc3c[nH]c4ccccc34)cc2)c1. The van der Waals surface area contributed by atoms with Gasteiger partial charge < -0.3 is 27.4 Å². The van der Waals surface area contributed by atoms with Crippen molar-refractivity contribution in [2.24, 2.45) is 0 Å². The number of halogens is 1. The number of nitrogens with one attached hydrogen (secondary N) is 2. The summed E-state index contributed by atoms with van der Waals surface area (Å²) < 4.78 is 5.81. The second kappa shape index (κ2) is 9.60. The van der Waals surface area contributed by atoms with Gasteiger partial charge in [-0.2, -0.15) is 0 Å². The molecule has 0 unspecified atom stereocenters. The van der Waals surface area contributed by atoms with Crippen LogP contribution < -0.4 is 22.5 Å². The Morgan fingerprint density at radius 2 is 1.81 bits per heavy atom. The highest BCUT2D eigenvalue weighted by Gasteiger charge is 2.02. The predicted molar refractivity (Wildman–Crippen MR) is 109 cm³/mol. The standard InChI is InChI=1S/C22H22N2OS.ClH/c1-2-6-22-21(5-1)18(15-24-22)11-12-23-14-17-7-9-19(10-8-17)25-16-20-4-3-13-26-20;/h1-10,13,15,23-24H,11-12,14,16H2;1H/p-1. The van der Waals surface area contributed by atoms with E-state index in [2.05, 4.69) is 70.4 Å². The number of H-pyrrole nitrogens is 1. The molecule has 140 valence electrons. The molecule has 4 aromatic rings. The van der Waals surface area contributed by atoms with E-state index < -0.39 is 0 Å². The molecule has 0 spiro atoms. The highest BCUT2D eigenvalue weighted by molar-refractivity contribution is 7.09. The van der Waals surface area contributed by atoms with E-state index in [0.29, 0.717) is 6.61 Å². The summed E-state index contributed by atoms with van der Waals surface area (Å²) in [6, 6.07) is 20.9. The molecule has 0 saturated carbocycles. The van der Waals surface area contributed by atoms with Crippen LogP contribution >= 0.6 is 11.3 Å². The normalized spacial score (nSPS) is 10.7. The minimum absolute atomic E-state index is 0. The smallest absolute Gasteiger partial charge is 0.122 e. The molecular formula is C22H22ClN2OS-. The lowest BCUT2D eigenvalue weighted by Gasteiger charge is -2.07. The van der Waals surface area contributed by atoms with E-state index in [0.717, 1.165) is 25.3 Å². The van der Waals surface area contributed by atoms with Crippen molar-refractivity contribution < 1.29 is 17.1 Å². The molecule has 2 aromatic heterocycles. The first-order valence-corrected chi connectivity index (χ1v) is 9.76. The topological polar surface area (TPSA) is 37.0 Å². The van der Waals surface area contributed by atoms with Crippen molar-refractivity contribution in [3.63, 3.8) is 0 Å². The van der Waals surface area contributed by atoms with E-state index in [1.54, 1.807) is 11.3 Å². The first-order chi connectivity index (χ1) is 12.9. The molecule has 0 aliphatic heterocycles. The molecule has 0 radical (unpaired) electrons. The number of hydrogen-bond acceptors (Lipinski definition) is 3. The van der Waals surface area contributed by atoms with Gasteiger partial charge in [0.05, 0.1) is 0 Å². The molecule has 0 aliphatic carbocycles. The molecule has 0 aliphatic rings. The maximum absolute atomic E-state index is 5.81. The van der Waals surface area contributed by atoms with Crippen LogP contribution in [0.2, 0.25) is 0 Å². The zero-order chi connectivity index (χ0) is 17.6. The molecule has 2 heterocycles. The third-order valence-electron chi connectivity index (χ3n) is 4.46. The van der Waals surface area contributed by atoms with E-state index in [-0.39, 0.29) is 12.4 Å². The lowest BCUT2D eigenvalue weighted by Crippen LogP contribution is -3.00. The molecule has 5 heteroatoms. The average Bonchev–Trinajstić information content (AvgIpc) is 3.34. The quantitative estimate of drug-likeness (QED) is 0.447. The van der Waals surface area contributed by atoms with Gasteiger partial charge in [-0.15, -0.1) is 11.3 Å². The molecule has 0 bridgehead atoms. The Labute approximate surface area is 169 Å². The van der Waals surface area contributed by atoms with Gasteiger partial charge in [0.1, 0.15) is 12.4 Å². The fourth-order valence-corrected chi connectivity index (χ4v) is 3.66. The fourth-order valence-electron chi connectivity index (χ4n) is 3.05. The van der Waals surface area contributed by atoms with Crippen molar-refractivity contribution in [2.75, 3.05) is 6.54 Å². The molecular weight excluding hydrogens is 376 g/mol. The van der Waals surface area contributed by atoms with Crippen molar-refractivity contribution >= 4 is 22.2 Å². The van der Waals surface area contributed by atoms with Gasteiger partial charge in [-0.3, -0.25) is 0 Å². The van der Waals surface area contributed by atoms with Crippen LogP contribution in [0.25, 0.3) is 10.9 Å². The lowest BCUT2D eigenvalue weighted by molar-refractivity contribution is -0.00000553. The van der Waals surface area contributed by atoms with Crippen LogP contribution in [0, 0.1) is 0 Å². The van der Waals surface area contributed by atoms with Crippen LogP contribution in [-0.4, -0.2) is 11.5 Å². The summed E-state index contributed by atoms with van der Waals surface area (Å²) >= 11 is 1.72. The minimum Gasteiger partial charge on any atom is -1.00 e. The summed E-state index contributed by atoms with van der Waals surface area (Å²) in [5, 5.41) is 6.92. The zero-order valence-corrected chi connectivity index (χ0v) is 16.5. The third kappa shape index (κ3) is 5.13. The number of thiophene rings is 1. The third-order valence-corrected chi connectivity index (χ3v) is 5.31. The van der Waals surface area contributed by atoms with Crippen LogP contribution in [0.1, 0.15) is 16.0 Å². The van der Waals surface area contributed by atoms with Gasteiger partial charge in [-0.1, -0.05) is 36.4 Å². The van der Waals surface area contributed by atoms with Crippen LogP contribution in [-0.2, 0) is 19.6 Å². The van der Waals surface area contributed by atoms with E-state index in [4.69, 9.17) is 4.74 Å². The summed E-state index contributed by atoms with van der Waals surface area (Å²) in [6.45, 7) is 2.46. The highest BCUT2D eigenvalue weighted by atomic mass is 35.5. The molecule has 0 saturated heterocycles. The van der Waals surface area contributed by atoms with Gasteiger partial charge in [0.15, 0.2) is 0 Å². The molecule has 0 atom stereocenters. The van der Waals surface area contributed by atoms with Gasteiger partial charge >= 0.3 is 0 Å². The Bertz CT molecular complexity index is 948. The molecule has 3 nitrogen and oxygen atoms in total. The van der Waals surface area contributed by atoms with Gasteiger partial charge in [0.25, 0.3) is 0 Å². The van der Waals surface area contributed by atoms with Crippen LogP contribution in [0.5, 0.6) is 5.75 Å². The zero-order valence-electron chi connectivity index (χ0n) is 15.0. The summed E-state index contributed by atoms with van der Waals surface area (Å²) in [6.07, 6.45) is 3.14. The van der Waals surface area contributed by atoms with Crippen LogP contribution in [0.15, 0.2) is 72.2 Å². The van der Waals surface area contributed by atoms with E-state index in [1.165, 1.54) is 26.9 Å². The van der Waals surface area contributed by atoms with Crippen molar-refractivity contribution in [1.29, 1.82) is 0 Å². The number of aromatic nitrogens is 1. The Kier molecular flexibility index (Phi) is 6.93. The second-order valence-electron chi connectivity index (χ2n) is 6.30. The van der Waals surface area contributed by atoms with Gasteiger partial charge in [0, 0.05) is 28.5 Å². The number of para-hydroxylation sites is 1. The first kappa shape index (κ1) is 19.5. The van der Waals surface area contributed by atoms with E-state index in [9.17, 15) is 0 Å². The Hall–Kier alpha value is -2.27. The molecule has 0 amide bonds. The number of rotatable bonds is 8. The van der Waals surface area contributed by atoms with Crippen molar-refractivity contribution in [1.82, 2.24) is 10.3 Å². The minimum atomic E-state index is 0. The van der Waals surface area contributed by atoms with E-state index in [1.807, 2.05) is 12.1 Å². The van der Waals surface area contributed by atoms with Crippen LogP contribution in [0.4, 0.5) is 0 Å². The largest absolute Gasteiger partial charge is 1.00 e.